The molecule has 1 aliphatic carbocycles. The van der Waals surface area contributed by atoms with E-state index < -0.39 is 46.3 Å². The monoisotopic (exact) mass is 747 g/mol. The van der Waals surface area contributed by atoms with Crippen LogP contribution >= 0.6 is 0 Å². The van der Waals surface area contributed by atoms with Crippen molar-refractivity contribution >= 4 is 33.2 Å². The third kappa shape index (κ3) is 9.51. The average molecular weight is 748 g/mol. The maximum Gasteiger partial charge on any atom is 0.407 e. The first-order valence-electron chi connectivity index (χ1n) is 17.8. The van der Waals surface area contributed by atoms with Gasteiger partial charge in [0.1, 0.15) is 23.0 Å². The number of alkyl halides is 1. The van der Waals surface area contributed by atoms with Crippen molar-refractivity contribution in [3.63, 3.8) is 0 Å². The highest BCUT2D eigenvalue weighted by atomic mass is 32.2. The molecule has 1 amide bonds. The number of halogens is 1. The number of alkyl carbamates (subject to hydrolysis) is 1. The number of sulfonamides is 1. The van der Waals surface area contributed by atoms with Gasteiger partial charge < -0.3 is 44.4 Å². The molecular weight excluding hydrogens is 697 g/mol. The van der Waals surface area contributed by atoms with Gasteiger partial charge in [-0.1, -0.05) is 26.0 Å². The molecule has 14 nitrogen and oxygen atoms in total. The molecule has 1 aromatic heterocycles. The van der Waals surface area contributed by atoms with Gasteiger partial charge in [-0.3, -0.25) is 0 Å². The summed E-state index contributed by atoms with van der Waals surface area (Å²) in [4.78, 5) is 17.9. The van der Waals surface area contributed by atoms with Crippen molar-refractivity contribution in [3.05, 3.63) is 48.0 Å². The van der Waals surface area contributed by atoms with E-state index in [2.05, 4.69) is 20.9 Å². The lowest BCUT2D eigenvalue weighted by Gasteiger charge is -2.31. The number of fused-ring (bicyclic) bond motifs is 2. The van der Waals surface area contributed by atoms with Crippen LogP contribution in [0.4, 0.5) is 15.2 Å². The normalized spacial score (nSPS) is 23.2. The summed E-state index contributed by atoms with van der Waals surface area (Å²) < 4.78 is 72.2. The quantitative estimate of drug-likeness (QED) is 0.158. The molecule has 2 aliphatic heterocycles. The number of amides is 1. The van der Waals surface area contributed by atoms with Gasteiger partial charge in [-0.05, 0) is 68.9 Å². The predicted octanol–water partition coefficient (Wildman–Crippen LogP) is 3.83. The van der Waals surface area contributed by atoms with Gasteiger partial charge in [0.05, 0.1) is 43.3 Å². The Hall–Kier alpha value is -3.54. The molecule has 3 aliphatic rings. The number of rotatable bonds is 17. The zero-order chi connectivity index (χ0) is 37.2. The zero-order valence-electron chi connectivity index (χ0n) is 30.2. The third-order valence-electron chi connectivity index (χ3n) is 9.36. The molecular formula is C36H50FN5O9S. The molecule has 6 rings (SSSR count). The number of methoxy groups -OCH3 is 1. The second-order valence-corrected chi connectivity index (χ2v) is 16.9. The van der Waals surface area contributed by atoms with E-state index in [4.69, 9.17) is 23.4 Å². The van der Waals surface area contributed by atoms with Crippen LogP contribution < -0.4 is 20.7 Å². The molecule has 0 unspecified atom stereocenters. The molecule has 52 heavy (non-hydrogen) atoms. The first-order chi connectivity index (χ1) is 24.7. The summed E-state index contributed by atoms with van der Waals surface area (Å²) >= 11 is 0. The van der Waals surface area contributed by atoms with Crippen molar-refractivity contribution in [2.24, 2.45) is 11.8 Å². The molecule has 16 heteroatoms. The number of aliphatic hydroxyl groups is 1. The number of hydrogen-bond donors (Lipinski definition) is 4. The number of carbonyl (C=O) groups excluding carboxylic acids is 1. The van der Waals surface area contributed by atoms with Crippen LogP contribution in [0.2, 0.25) is 0 Å². The number of aromatic nitrogens is 1. The molecule has 3 aromatic rings. The lowest BCUT2D eigenvalue weighted by atomic mass is 9.97. The van der Waals surface area contributed by atoms with Crippen LogP contribution in [-0.2, 0) is 30.7 Å². The van der Waals surface area contributed by atoms with E-state index >= 15 is 0 Å². The summed E-state index contributed by atoms with van der Waals surface area (Å²) in [7, 11) is -2.58. The number of ether oxygens (including phenoxy) is 4. The smallest absolute Gasteiger partial charge is 0.407 e. The highest BCUT2D eigenvalue weighted by Gasteiger charge is 2.50. The lowest BCUT2D eigenvalue weighted by Crippen LogP contribution is -2.52. The van der Waals surface area contributed by atoms with Crippen molar-refractivity contribution in [1.29, 1.82) is 0 Å². The molecule has 4 N–H and O–H groups in total. The molecule has 0 bridgehead atoms. The fourth-order valence-corrected chi connectivity index (χ4v) is 8.14. The summed E-state index contributed by atoms with van der Waals surface area (Å²) in [5.74, 6) is 0.180. The number of oxazole rings is 1. The number of nitrogens with one attached hydrogen (secondary N) is 3. The van der Waals surface area contributed by atoms with Gasteiger partial charge in [-0.15, -0.1) is 0 Å². The lowest BCUT2D eigenvalue weighted by molar-refractivity contribution is -0.0908. The highest BCUT2D eigenvalue weighted by Crippen LogP contribution is 2.34. The van der Waals surface area contributed by atoms with Gasteiger partial charge >= 0.3 is 6.09 Å². The molecule has 2 aromatic carbocycles. The first kappa shape index (κ1) is 38.2. The second-order valence-electron chi connectivity index (χ2n) is 14.9. The van der Waals surface area contributed by atoms with Crippen molar-refractivity contribution < 1.29 is 46.1 Å². The van der Waals surface area contributed by atoms with Crippen molar-refractivity contribution in [1.82, 2.24) is 19.9 Å². The van der Waals surface area contributed by atoms with Gasteiger partial charge in [0.2, 0.25) is 10.0 Å². The standard InChI is InChI=1S/C36H50FN5O9S/c1-21(2)16-42(52(45,46)25-12-13-26-30(15-25)50-34(40-26)39-23-8-9-23)17-29(43)27(14-22-6-10-24(47-5)11-7-22)41-35(44)51-31-19-49-33-32(31)28(18-48-33)38-20-36(3,4)37/h6-7,10-13,15,21,23,27-29,31-33,38,43H,8-9,14,16-20H2,1-5H3,(H,39,40)(H,41,44)/t27-,28-,29+,31-,32-,33+/m0/s1. The Balaban J connectivity index is 1.19. The van der Waals surface area contributed by atoms with Crippen molar-refractivity contribution in [2.45, 2.75) is 94.1 Å². The minimum absolute atomic E-state index is 0.00470. The zero-order valence-corrected chi connectivity index (χ0v) is 31.0. The van der Waals surface area contributed by atoms with E-state index in [1.54, 1.807) is 37.4 Å². The first-order valence-corrected chi connectivity index (χ1v) is 19.2. The number of hydrogen-bond acceptors (Lipinski definition) is 12. The summed E-state index contributed by atoms with van der Waals surface area (Å²) in [6.07, 6.45) is -1.26. The topological polar surface area (TPSA) is 174 Å². The molecule has 3 fully saturated rings. The Bertz CT molecular complexity index is 1780. The number of benzene rings is 2. The number of aliphatic hydroxyl groups excluding tert-OH is 1. The van der Waals surface area contributed by atoms with E-state index in [0.717, 1.165) is 18.4 Å². The number of anilines is 1. The summed E-state index contributed by atoms with van der Waals surface area (Å²) in [5.41, 5.74) is 0.164. The Labute approximate surface area is 303 Å². The van der Waals surface area contributed by atoms with Gasteiger partial charge in [-0.25, -0.2) is 17.6 Å². The average Bonchev–Trinajstić information content (AvgIpc) is 3.47. The molecule has 2 saturated heterocycles. The largest absolute Gasteiger partial charge is 0.497 e. The van der Waals surface area contributed by atoms with E-state index in [0.29, 0.717) is 28.9 Å². The molecule has 0 radical (unpaired) electrons. The van der Waals surface area contributed by atoms with Crippen LogP contribution in [0.3, 0.4) is 0 Å². The van der Waals surface area contributed by atoms with E-state index in [1.807, 2.05) is 13.8 Å². The van der Waals surface area contributed by atoms with Gasteiger partial charge in [0, 0.05) is 37.8 Å². The summed E-state index contributed by atoms with van der Waals surface area (Å²) in [6.45, 7) is 6.94. The fourth-order valence-electron chi connectivity index (χ4n) is 6.50. The minimum atomic E-state index is -4.14. The molecule has 286 valence electrons. The summed E-state index contributed by atoms with van der Waals surface area (Å²) in [5, 5.41) is 20.9. The van der Waals surface area contributed by atoms with Crippen LogP contribution in [0.25, 0.3) is 11.1 Å². The molecule has 1 saturated carbocycles. The highest BCUT2D eigenvalue weighted by molar-refractivity contribution is 7.89. The van der Waals surface area contributed by atoms with E-state index in [1.165, 1.54) is 30.3 Å². The molecule has 3 heterocycles. The maximum absolute atomic E-state index is 14.3. The van der Waals surface area contributed by atoms with Crippen LogP contribution in [0.1, 0.15) is 46.1 Å². The Morgan fingerprint density at radius 3 is 2.52 bits per heavy atom. The predicted molar refractivity (Wildman–Crippen MR) is 190 cm³/mol. The van der Waals surface area contributed by atoms with E-state index in [-0.39, 0.29) is 62.0 Å². The van der Waals surface area contributed by atoms with Gasteiger partial charge in [0.25, 0.3) is 6.01 Å². The van der Waals surface area contributed by atoms with Crippen LogP contribution in [0, 0.1) is 11.8 Å². The molecule has 6 atom stereocenters. The van der Waals surface area contributed by atoms with Gasteiger partial charge in [0.15, 0.2) is 11.9 Å². The Kier molecular flexibility index (Phi) is 11.6. The second kappa shape index (κ2) is 15.8. The van der Waals surface area contributed by atoms with Crippen LogP contribution in [-0.4, -0.2) is 111 Å². The number of carbonyl (C=O) groups is 1. The Morgan fingerprint density at radius 2 is 1.85 bits per heavy atom. The van der Waals surface area contributed by atoms with Gasteiger partial charge in [-0.2, -0.15) is 9.29 Å². The fraction of sp³-hybridized carbons (Fsp3) is 0.611. The Morgan fingerprint density at radius 1 is 1.12 bits per heavy atom. The van der Waals surface area contributed by atoms with Crippen molar-refractivity contribution in [2.75, 3.05) is 45.3 Å². The SMILES string of the molecule is COc1ccc(C[C@H](NC(=O)O[C@H]2CO[C@H]3OC[C@H](NCC(C)(C)F)[C@H]32)[C@H](O)CN(CC(C)C)S(=O)(=O)c2ccc3nc(NC4CC4)oc3c2)cc1. The summed E-state index contributed by atoms with van der Waals surface area (Å²) in [6, 6.07) is 11.1. The minimum Gasteiger partial charge on any atom is -0.497 e. The van der Waals surface area contributed by atoms with Crippen LogP contribution in [0.5, 0.6) is 5.75 Å². The van der Waals surface area contributed by atoms with Crippen LogP contribution in [0.15, 0.2) is 51.8 Å². The van der Waals surface area contributed by atoms with E-state index in [9.17, 15) is 22.7 Å². The third-order valence-corrected chi connectivity index (χ3v) is 11.2. The maximum atomic E-state index is 14.3. The molecule has 0 spiro atoms. The van der Waals surface area contributed by atoms with Crippen molar-refractivity contribution in [3.8, 4) is 5.75 Å². The number of nitrogens with zero attached hydrogens (tertiary/aromatic N) is 2.